The number of aliphatic hydroxyl groups excluding tert-OH is 1. The molecule has 3 N–H and O–H groups in total. The van der Waals surface area contributed by atoms with E-state index in [1.807, 2.05) is 0 Å². The third-order valence-electron chi connectivity index (χ3n) is 1.77. The molecule has 1 aromatic rings. The number of aliphatic hydroxyl groups is 1. The van der Waals surface area contributed by atoms with Crippen LogP contribution in [0.15, 0.2) is 24.3 Å². The van der Waals surface area contributed by atoms with Gasteiger partial charge in [0.1, 0.15) is 5.82 Å². The average Bonchev–Trinajstić information content (AvgIpc) is 2.04. The van der Waals surface area contributed by atoms with Gasteiger partial charge in [-0.3, -0.25) is 0 Å². The standard InChI is InChI=1S/C9H12FNO.ClH/c1-6(12)9(11)7-2-4-8(10)5-3-7;/h2-6,9,12H,11H2,1H3;1H/t6-,9+;/m1./s1. The van der Waals surface area contributed by atoms with Gasteiger partial charge in [-0.25, -0.2) is 4.39 Å². The van der Waals surface area contributed by atoms with Crippen LogP contribution in [0.5, 0.6) is 0 Å². The second-order valence-corrected chi connectivity index (χ2v) is 2.82. The van der Waals surface area contributed by atoms with E-state index in [0.717, 1.165) is 5.56 Å². The summed E-state index contributed by atoms with van der Waals surface area (Å²) in [7, 11) is 0. The van der Waals surface area contributed by atoms with E-state index in [-0.39, 0.29) is 18.2 Å². The molecular weight excluding hydrogens is 193 g/mol. The minimum absolute atomic E-state index is 0. The molecule has 0 radical (unpaired) electrons. The predicted molar refractivity (Wildman–Crippen MR) is 52.3 cm³/mol. The van der Waals surface area contributed by atoms with E-state index in [0.29, 0.717) is 0 Å². The van der Waals surface area contributed by atoms with Crippen molar-refractivity contribution in [1.29, 1.82) is 0 Å². The zero-order valence-electron chi connectivity index (χ0n) is 7.27. The number of nitrogens with two attached hydrogens (primary N) is 1. The van der Waals surface area contributed by atoms with Crippen LogP contribution >= 0.6 is 12.4 Å². The molecule has 1 rings (SSSR count). The molecule has 13 heavy (non-hydrogen) atoms. The molecule has 0 saturated carbocycles. The normalized spacial score (nSPS) is 14.5. The van der Waals surface area contributed by atoms with Gasteiger partial charge in [0.2, 0.25) is 0 Å². The van der Waals surface area contributed by atoms with Gasteiger partial charge in [-0.05, 0) is 24.6 Å². The Balaban J connectivity index is 0.00000144. The van der Waals surface area contributed by atoms with Crippen LogP contribution in [-0.2, 0) is 0 Å². The number of halogens is 2. The quantitative estimate of drug-likeness (QED) is 0.771. The maximum Gasteiger partial charge on any atom is 0.123 e. The maximum absolute atomic E-state index is 12.4. The molecule has 1 aromatic carbocycles. The lowest BCUT2D eigenvalue weighted by Gasteiger charge is -2.14. The molecule has 0 unspecified atom stereocenters. The molecule has 2 nitrogen and oxygen atoms in total. The van der Waals surface area contributed by atoms with Crippen LogP contribution in [0.3, 0.4) is 0 Å². The predicted octanol–water partition coefficient (Wildman–Crippen LogP) is 1.63. The third kappa shape index (κ3) is 3.30. The molecule has 0 aliphatic heterocycles. The van der Waals surface area contributed by atoms with Crippen LogP contribution in [0.4, 0.5) is 4.39 Å². The van der Waals surface area contributed by atoms with Gasteiger partial charge in [0.15, 0.2) is 0 Å². The number of benzene rings is 1. The lowest BCUT2D eigenvalue weighted by molar-refractivity contribution is 0.164. The third-order valence-corrected chi connectivity index (χ3v) is 1.77. The molecule has 0 heterocycles. The molecule has 0 amide bonds. The van der Waals surface area contributed by atoms with E-state index in [4.69, 9.17) is 10.8 Å². The number of hydrogen-bond acceptors (Lipinski definition) is 2. The van der Waals surface area contributed by atoms with E-state index >= 15 is 0 Å². The van der Waals surface area contributed by atoms with Crippen LogP contribution in [0.1, 0.15) is 18.5 Å². The van der Waals surface area contributed by atoms with Gasteiger partial charge in [0.05, 0.1) is 12.1 Å². The Kier molecular flexibility index (Phi) is 4.91. The highest BCUT2D eigenvalue weighted by Gasteiger charge is 2.10. The van der Waals surface area contributed by atoms with Gasteiger partial charge in [-0.1, -0.05) is 12.1 Å². The van der Waals surface area contributed by atoms with Gasteiger partial charge in [0, 0.05) is 0 Å². The molecular formula is C9H13ClFNO. The summed E-state index contributed by atoms with van der Waals surface area (Å²) in [6.45, 7) is 1.61. The second-order valence-electron chi connectivity index (χ2n) is 2.82. The van der Waals surface area contributed by atoms with Crippen molar-refractivity contribution in [3.05, 3.63) is 35.6 Å². The van der Waals surface area contributed by atoms with Crippen molar-refractivity contribution >= 4 is 12.4 Å². The van der Waals surface area contributed by atoms with Gasteiger partial charge >= 0.3 is 0 Å². The first-order valence-corrected chi connectivity index (χ1v) is 3.80. The summed E-state index contributed by atoms with van der Waals surface area (Å²) in [5.41, 5.74) is 6.36. The van der Waals surface area contributed by atoms with E-state index in [1.165, 1.54) is 12.1 Å². The second kappa shape index (κ2) is 5.17. The van der Waals surface area contributed by atoms with Gasteiger partial charge in [-0.15, -0.1) is 12.4 Å². The molecule has 74 valence electrons. The first kappa shape index (κ1) is 12.4. The minimum atomic E-state index is -0.615. The smallest absolute Gasteiger partial charge is 0.123 e. The van der Waals surface area contributed by atoms with Crippen molar-refractivity contribution in [1.82, 2.24) is 0 Å². The molecule has 0 aromatic heterocycles. The topological polar surface area (TPSA) is 46.2 Å². The van der Waals surface area contributed by atoms with Crippen LogP contribution in [-0.4, -0.2) is 11.2 Å². The zero-order valence-corrected chi connectivity index (χ0v) is 8.09. The highest BCUT2D eigenvalue weighted by Crippen LogP contribution is 2.13. The fraction of sp³-hybridized carbons (Fsp3) is 0.333. The molecule has 0 saturated heterocycles. The van der Waals surface area contributed by atoms with Crippen molar-refractivity contribution in [2.45, 2.75) is 19.1 Å². The van der Waals surface area contributed by atoms with Gasteiger partial charge < -0.3 is 10.8 Å². The number of hydrogen-bond donors (Lipinski definition) is 2. The Hall–Kier alpha value is -0.640. The fourth-order valence-electron chi connectivity index (χ4n) is 0.964. The molecule has 0 fully saturated rings. The largest absolute Gasteiger partial charge is 0.391 e. The Morgan fingerprint density at radius 2 is 1.77 bits per heavy atom. The minimum Gasteiger partial charge on any atom is -0.391 e. The molecule has 2 atom stereocenters. The molecule has 0 spiro atoms. The summed E-state index contributed by atoms with van der Waals surface area (Å²) in [5, 5.41) is 9.12. The SMILES string of the molecule is C[C@@H](O)[C@H](N)c1ccc(F)cc1.Cl. The Morgan fingerprint density at radius 3 is 2.15 bits per heavy atom. The maximum atomic E-state index is 12.4. The average molecular weight is 206 g/mol. The summed E-state index contributed by atoms with van der Waals surface area (Å²) < 4.78 is 12.4. The Bertz CT molecular complexity index is 250. The van der Waals surface area contributed by atoms with Crippen LogP contribution < -0.4 is 5.73 Å². The summed E-state index contributed by atoms with van der Waals surface area (Å²) >= 11 is 0. The van der Waals surface area contributed by atoms with Crippen LogP contribution in [0, 0.1) is 5.82 Å². The van der Waals surface area contributed by atoms with Crippen molar-refractivity contribution in [2.24, 2.45) is 5.73 Å². The summed E-state index contributed by atoms with van der Waals surface area (Å²) in [4.78, 5) is 0. The summed E-state index contributed by atoms with van der Waals surface area (Å²) in [6, 6.07) is 5.37. The lowest BCUT2D eigenvalue weighted by Crippen LogP contribution is -2.22. The zero-order chi connectivity index (χ0) is 9.14. The van der Waals surface area contributed by atoms with E-state index in [2.05, 4.69) is 0 Å². The fourth-order valence-corrected chi connectivity index (χ4v) is 0.964. The highest BCUT2D eigenvalue weighted by molar-refractivity contribution is 5.85. The van der Waals surface area contributed by atoms with Crippen LogP contribution in [0.2, 0.25) is 0 Å². The highest BCUT2D eigenvalue weighted by atomic mass is 35.5. The first-order valence-electron chi connectivity index (χ1n) is 3.80. The lowest BCUT2D eigenvalue weighted by atomic mass is 10.0. The van der Waals surface area contributed by atoms with Crippen LogP contribution in [0.25, 0.3) is 0 Å². The van der Waals surface area contributed by atoms with Gasteiger partial charge in [0.25, 0.3) is 0 Å². The van der Waals surface area contributed by atoms with Crippen molar-refractivity contribution in [3.8, 4) is 0 Å². The van der Waals surface area contributed by atoms with E-state index < -0.39 is 12.1 Å². The summed E-state index contributed by atoms with van der Waals surface area (Å²) in [6.07, 6.45) is -0.615. The molecule has 0 aliphatic rings. The summed E-state index contributed by atoms with van der Waals surface area (Å²) in [5.74, 6) is -0.295. The van der Waals surface area contributed by atoms with Gasteiger partial charge in [-0.2, -0.15) is 0 Å². The molecule has 0 aliphatic carbocycles. The first-order chi connectivity index (χ1) is 5.61. The Morgan fingerprint density at radius 1 is 1.31 bits per heavy atom. The van der Waals surface area contributed by atoms with Crippen molar-refractivity contribution in [2.75, 3.05) is 0 Å². The van der Waals surface area contributed by atoms with Crippen molar-refractivity contribution < 1.29 is 9.50 Å². The Labute approximate surface area is 83.0 Å². The molecule has 0 bridgehead atoms. The molecule has 4 heteroatoms. The van der Waals surface area contributed by atoms with E-state index in [9.17, 15) is 4.39 Å². The van der Waals surface area contributed by atoms with Crippen molar-refractivity contribution in [3.63, 3.8) is 0 Å². The number of rotatable bonds is 2. The van der Waals surface area contributed by atoms with E-state index in [1.54, 1.807) is 19.1 Å². The monoisotopic (exact) mass is 205 g/mol.